The molecule has 0 bridgehead atoms. The van der Waals surface area contributed by atoms with Gasteiger partial charge in [0, 0.05) is 77.8 Å². The van der Waals surface area contributed by atoms with Gasteiger partial charge in [-0.2, -0.15) is 0 Å². The average molecular weight is 728 g/mol. The van der Waals surface area contributed by atoms with Crippen LogP contribution in [0.2, 0.25) is 10.0 Å². The highest BCUT2D eigenvalue weighted by molar-refractivity contribution is 6.39. The monoisotopic (exact) mass is 726 g/mol. The molecule has 7 rings (SSSR count). The molecule has 12 heteroatoms. The number of benzene rings is 2. The molecule has 1 atom stereocenters. The van der Waals surface area contributed by atoms with E-state index >= 15 is 0 Å². The summed E-state index contributed by atoms with van der Waals surface area (Å²) in [6.07, 6.45) is 4.45. The van der Waals surface area contributed by atoms with E-state index in [1.54, 1.807) is 17.7 Å². The molecular weight excluding hydrogens is 687 g/mol. The summed E-state index contributed by atoms with van der Waals surface area (Å²) in [6, 6.07) is 19.5. The van der Waals surface area contributed by atoms with Crippen LogP contribution in [-0.2, 0) is 17.9 Å². The number of aliphatic hydroxyl groups is 1. The molecule has 1 saturated carbocycles. The van der Waals surface area contributed by atoms with Crippen LogP contribution in [0.15, 0.2) is 71.7 Å². The minimum atomic E-state index is -0.638. The van der Waals surface area contributed by atoms with Crippen molar-refractivity contribution in [3.63, 3.8) is 0 Å². The second-order valence-corrected chi connectivity index (χ2v) is 14.5. The summed E-state index contributed by atoms with van der Waals surface area (Å²) in [5.41, 5.74) is 6.42. The summed E-state index contributed by atoms with van der Waals surface area (Å²) >= 11 is 14.2. The lowest BCUT2D eigenvalue weighted by Gasteiger charge is -2.41. The van der Waals surface area contributed by atoms with Gasteiger partial charge in [-0.25, -0.2) is 9.97 Å². The quantitative estimate of drug-likeness (QED) is 0.129. The van der Waals surface area contributed by atoms with Gasteiger partial charge in [-0.3, -0.25) is 14.0 Å². The maximum absolute atomic E-state index is 13.5. The smallest absolute Gasteiger partial charge is 0.262 e. The van der Waals surface area contributed by atoms with Crippen LogP contribution in [-0.4, -0.2) is 56.7 Å². The molecular formula is C39H40Cl2N6O4. The number of methoxy groups -OCH3 is 1. The van der Waals surface area contributed by atoms with Crippen molar-refractivity contribution in [3.05, 3.63) is 104 Å². The number of fused-ring (bicyclic) bond motifs is 1. The van der Waals surface area contributed by atoms with Gasteiger partial charge >= 0.3 is 0 Å². The van der Waals surface area contributed by atoms with E-state index in [2.05, 4.69) is 16.0 Å². The number of rotatable bonds is 11. The summed E-state index contributed by atoms with van der Waals surface area (Å²) in [4.78, 5) is 34.5. The number of aryl methyl sites for hydroxylation is 1. The van der Waals surface area contributed by atoms with Crippen molar-refractivity contribution in [2.45, 2.75) is 70.3 Å². The number of carbonyl (C=O) groups is 1. The first-order chi connectivity index (χ1) is 24.5. The molecule has 2 aliphatic rings. The number of pyridine rings is 2. The zero-order valence-electron chi connectivity index (χ0n) is 28.7. The summed E-state index contributed by atoms with van der Waals surface area (Å²) in [5.74, 6) is 0.587. The Kier molecular flexibility index (Phi) is 9.88. The molecule has 1 unspecified atom stereocenters. The van der Waals surface area contributed by atoms with E-state index in [1.807, 2.05) is 74.5 Å². The van der Waals surface area contributed by atoms with E-state index in [9.17, 15) is 14.7 Å². The van der Waals surface area contributed by atoms with Crippen LogP contribution in [0.25, 0.3) is 39.2 Å². The molecule has 0 radical (unpaired) electrons. The molecule has 5 aromatic rings. The number of amides is 1. The van der Waals surface area contributed by atoms with Crippen molar-refractivity contribution < 1.29 is 14.6 Å². The Morgan fingerprint density at radius 1 is 0.980 bits per heavy atom. The first kappa shape index (κ1) is 35.1. The fourth-order valence-electron chi connectivity index (χ4n) is 7.09. The van der Waals surface area contributed by atoms with Crippen LogP contribution in [0.3, 0.4) is 0 Å². The molecule has 51 heavy (non-hydrogen) atoms. The van der Waals surface area contributed by atoms with Crippen LogP contribution in [0.4, 0.5) is 0 Å². The van der Waals surface area contributed by atoms with Crippen molar-refractivity contribution in [2.24, 2.45) is 0 Å². The van der Waals surface area contributed by atoms with Crippen LogP contribution < -0.4 is 26.2 Å². The molecule has 1 amide bonds. The minimum Gasteiger partial charge on any atom is -0.481 e. The second kappa shape index (κ2) is 14.4. The van der Waals surface area contributed by atoms with Gasteiger partial charge in [0.05, 0.1) is 34.0 Å². The van der Waals surface area contributed by atoms with Gasteiger partial charge < -0.3 is 25.8 Å². The minimum absolute atomic E-state index is 0.0939. The summed E-state index contributed by atoms with van der Waals surface area (Å²) < 4.78 is 7.21. The predicted octanol–water partition coefficient (Wildman–Crippen LogP) is 6.09. The Balaban J connectivity index is 1.13. The molecule has 0 spiro atoms. The van der Waals surface area contributed by atoms with Gasteiger partial charge in [-0.1, -0.05) is 65.7 Å². The Morgan fingerprint density at radius 2 is 1.69 bits per heavy atom. The van der Waals surface area contributed by atoms with Gasteiger partial charge in [-0.15, -0.1) is 0 Å². The highest BCUT2D eigenvalue weighted by atomic mass is 35.5. The highest BCUT2D eigenvalue weighted by Crippen LogP contribution is 2.42. The van der Waals surface area contributed by atoms with Crippen molar-refractivity contribution >= 4 is 34.8 Å². The van der Waals surface area contributed by atoms with Gasteiger partial charge in [0.1, 0.15) is 5.65 Å². The average Bonchev–Trinajstić information content (AvgIpc) is 3.52. The van der Waals surface area contributed by atoms with Gasteiger partial charge in [0.15, 0.2) is 0 Å². The number of nitrogens with one attached hydrogen (secondary N) is 3. The standard InChI is InChI=1S/C39H40Cl2N6O4/c1-22-31(21-43-26-17-39(2,50)18-26)38(49)47-15-14-23(16-33(47)44-22)27-6-4-7-28(35(27)40)29-8-5-9-30(36(29)41)32-12-10-24(37(46-32)51-3)19-42-20-25-11-13-34(48)45-25/h4-10,12,14-16,25-26,42-43,50H,11,13,17-21H2,1-3H3,(H,45,48). The summed E-state index contributed by atoms with van der Waals surface area (Å²) in [6.45, 7) is 5.28. The van der Waals surface area contributed by atoms with E-state index in [1.165, 1.54) is 0 Å². The van der Waals surface area contributed by atoms with Crippen molar-refractivity contribution in [3.8, 4) is 39.4 Å². The maximum Gasteiger partial charge on any atom is 0.262 e. The van der Waals surface area contributed by atoms with E-state index < -0.39 is 5.60 Å². The van der Waals surface area contributed by atoms with Crippen LogP contribution >= 0.6 is 23.2 Å². The first-order valence-corrected chi connectivity index (χ1v) is 17.9. The number of hydrogen-bond donors (Lipinski definition) is 4. The molecule has 3 aromatic heterocycles. The Bertz CT molecular complexity index is 2200. The van der Waals surface area contributed by atoms with Crippen LogP contribution in [0, 0.1) is 6.92 Å². The molecule has 1 aliphatic heterocycles. The van der Waals surface area contributed by atoms with Crippen molar-refractivity contribution in [2.75, 3.05) is 13.7 Å². The molecule has 4 N–H and O–H groups in total. The fourth-order valence-corrected chi connectivity index (χ4v) is 7.75. The fraction of sp³-hybridized carbons (Fsp3) is 0.333. The number of aromatic nitrogens is 3. The lowest BCUT2D eigenvalue weighted by Crippen LogP contribution is -2.51. The Labute approximate surface area is 306 Å². The molecule has 1 aliphatic carbocycles. The topological polar surface area (TPSA) is 130 Å². The number of nitrogens with zero attached hydrogens (tertiary/aromatic N) is 3. The van der Waals surface area contributed by atoms with Gasteiger partial charge in [0.25, 0.3) is 5.56 Å². The number of carbonyl (C=O) groups excluding carboxylic acids is 1. The predicted molar refractivity (Wildman–Crippen MR) is 200 cm³/mol. The lowest BCUT2D eigenvalue weighted by molar-refractivity contribution is -0.119. The molecule has 264 valence electrons. The first-order valence-electron chi connectivity index (χ1n) is 17.1. The normalized spacial score (nSPS) is 20.0. The Hall–Kier alpha value is -4.32. The Morgan fingerprint density at radius 3 is 2.37 bits per heavy atom. The second-order valence-electron chi connectivity index (χ2n) is 13.7. The van der Waals surface area contributed by atoms with Crippen LogP contribution in [0.1, 0.15) is 49.4 Å². The third kappa shape index (κ3) is 7.24. The number of ether oxygens (including phenoxy) is 1. The van der Waals surface area contributed by atoms with Gasteiger partial charge in [0.2, 0.25) is 11.8 Å². The summed E-state index contributed by atoms with van der Waals surface area (Å²) in [7, 11) is 1.59. The molecule has 4 heterocycles. The molecule has 1 saturated heterocycles. The molecule has 2 fully saturated rings. The molecule has 2 aromatic carbocycles. The zero-order valence-corrected chi connectivity index (χ0v) is 30.2. The highest BCUT2D eigenvalue weighted by Gasteiger charge is 2.38. The van der Waals surface area contributed by atoms with E-state index in [4.69, 9.17) is 37.9 Å². The zero-order chi connectivity index (χ0) is 35.9. The van der Waals surface area contributed by atoms with Crippen molar-refractivity contribution in [1.29, 1.82) is 0 Å². The summed E-state index contributed by atoms with van der Waals surface area (Å²) in [5, 5.41) is 20.8. The largest absolute Gasteiger partial charge is 0.481 e. The van der Waals surface area contributed by atoms with E-state index in [0.29, 0.717) is 77.4 Å². The van der Waals surface area contributed by atoms with Gasteiger partial charge in [-0.05, 0) is 56.9 Å². The number of halogens is 2. The molecule has 10 nitrogen and oxygen atoms in total. The van der Waals surface area contributed by atoms with E-state index in [0.717, 1.165) is 39.8 Å². The third-order valence-corrected chi connectivity index (χ3v) is 10.7. The van der Waals surface area contributed by atoms with E-state index in [-0.39, 0.29) is 23.6 Å². The van der Waals surface area contributed by atoms with Crippen molar-refractivity contribution in [1.82, 2.24) is 30.3 Å². The maximum atomic E-state index is 13.5. The number of hydrogen-bond acceptors (Lipinski definition) is 8. The SMILES string of the molecule is COc1nc(-c2cccc(-c3cccc(-c4ccn5c(=O)c(CNC6CC(C)(O)C6)c(C)nc5c4)c3Cl)c2Cl)ccc1CNCC1CCC(=O)N1. The van der Waals surface area contributed by atoms with Crippen LogP contribution in [0.5, 0.6) is 5.88 Å². The lowest BCUT2D eigenvalue weighted by atomic mass is 9.77. The third-order valence-electron chi connectivity index (χ3n) is 9.87.